The summed E-state index contributed by atoms with van der Waals surface area (Å²) < 4.78 is 30.2. The molecule has 0 unspecified atom stereocenters. The van der Waals surface area contributed by atoms with Gasteiger partial charge in [0.05, 0.1) is 17.9 Å². The number of fused-ring (bicyclic) bond motifs is 1. The summed E-state index contributed by atoms with van der Waals surface area (Å²) in [5.41, 5.74) is 0.805. The van der Waals surface area contributed by atoms with Crippen molar-refractivity contribution < 1.29 is 12.8 Å². The lowest BCUT2D eigenvalue weighted by atomic mass is 10.3. The minimum absolute atomic E-state index is 0.495. The van der Waals surface area contributed by atoms with Crippen LogP contribution in [0.25, 0.3) is 11.0 Å². The highest BCUT2D eigenvalue weighted by Crippen LogP contribution is 2.26. The highest BCUT2D eigenvalue weighted by molar-refractivity contribution is 7.88. The quantitative estimate of drug-likeness (QED) is 0.835. The molecule has 0 atom stereocenters. The number of nitrogens with zero attached hydrogens (tertiary/aromatic N) is 3. The Morgan fingerprint density at radius 3 is 2.85 bits per heavy atom. The second-order valence-corrected chi connectivity index (χ2v) is 6.95. The molecule has 3 heterocycles. The topological polar surface area (TPSA) is 66.7 Å². The first-order chi connectivity index (χ1) is 9.55. The molecule has 108 valence electrons. The average Bonchev–Trinajstić information content (AvgIpc) is 2.73. The van der Waals surface area contributed by atoms with Crippen molar-refractivity contribution in [3.05, 3.63) is 24.6 Å². The summed E-state index contributed by atoms with van der Waals surface area (Å²) in [6.45, 7) is 2.50. The van der Waals surface area contributed by atoms with Crippen molar-refractivity contribution in [2.45, 2.75) is 6.42 Å². The van der Waals surface area contributed by atoms with Crippen molar-refractivity contribution in [1.82, 2.24) is 9.29 Å². The van der Waals surface area contributed by atoms with Crippen molar-refractivity contribution in [2.24, 2.45) is 0 Å². The fourth-order valence-corrected chi connectivity index (χ4v) is 3.44. The van der Waals surface area contributed by atoms with Crippen LogP contribution in [0.3, 0.4) is 0 Å². The van der Waals surface area contributed by atoms with E-state index in [1.165, 1.54) is 10.6 Å². The predicted octanol–water partition coefficient (Wildman–Crippen LogP) is 1.30. The zero-order valence-corrected chi connectivity index (χ0v) is 12.1. The van der Waals surface area contributed by atoms with E-state index < -0.39 is 10.0 Å². The summed E-state index contributed by atoms with van der Waals surface area (Å²) in [7, 11) is -3.12. The van der Waals surface area contributed by atoms with Crippen LogP contribution in [-0.4, -0.2) is 50.1 Å². The molecule has 1 fully saturated rings. The Morgan fingerprint density at radius 2 is 2.05 bits per heavy atom. The van der Waals surface area contributed by atoms with Gasteiger partial charge in [-0.05, 0) is 18.6 Å². The van der Waals surface area contributed by atoms with E-state index in [0.717, 1.165) is 29.8 Å². The maximum absolute atomic E-state index is 11.6. The zero-order valence-electron chi connectivity index (χ0n) is 11.3. The van der Waals surface area contributed by atoms with E-state index in [0.29, 0.717) is 19.6 Å². The Labute approximate surface area is 118 Å². The highest BCUT2D eigenvalue weighted by atomic mass is 32.2. The van der Waals surface area contributed by atoms with Gasteiger partial charge in [0.2, 0.25) is 10.0 Å². The van der Waals surface area contributed by atoms with Gasteiger partial charge in [-0.1, -0.05) is 0 Å². The zero-order chi connectivity index (χ0) is 14.2. The molecule has 0 spiro atoms. The molecule has 1 saturated heterocycles. The van der Waals surface area contributed by atoms with Gasteiger partial charge < -0.3 is 9.32 Å². The van der Waals surface area contributed by atoms with Gasteiger partial charge in [-0.3, -0.25) is 0 Å². The number of hydrogen-bond acceptors (Lipinski definition) is 5. The number of aromatic nitrogens is 1. The molecule has 0 aromatic carbocycles. The minimum Gasteiger partial charge on any atom is -0.464 e. The maximum atomic E-state index is 11.6. The molecule has 1 aliphatic rings. The van der Waals surface area contributed by atoms with Gasteiger partial charge in [0.1, 0.15) is 11.4 Å². The highest BCUT2D eigenvalue weighted by Gasteiger charge is 2.23. The van der Waals surface area contributed by atoms with Gasteiger partial charge in [-0.15, -0.1) is 0 Å². The van der Waals surface area contributed by atoms with Crippen molar-refractivity contribution >= 4 is 26.8 Å². The van der Waals surface area contributed by atoms with Crippen LogP contribution in [0, 0.1) is 0 Å². The van der Waals surface area contributed by atoms with Gasteiger partial charge in [0.25, 0.3) is 0 Å². The third-order valence-electron chi connectivity index (χ3n) is 3.58. The first-order valence-electron chi connectivity index (χ1n) is 6.58. The summed E-state index contributed by atoms with van der Waals surface area (Å²) in [6, 6.07) is 3.73. The minimum atomic E-state index is -3.12. The molecular formula is C13H17N3O3S. The van der Waals surface area contributed by atoms with Crippen molar-refractivity contribution in [2.75, 3.05) is 37.3 Å². The van der Waals surface area contributed by atoms with Crippen molar-refractivity contribution in [3.63, 3.8) is 0 Å². The van der Waals surface area contributed by atoms with Gasteiger partial charge in [-0.2, -0.15) is 0 Å². The Bertz CT molecular complexity index is 710. The number of anilines is 1. The van der Waals surface area contributed by atoms with Crippen LogP contribution in [0.2, 0.25) is 0 Å². The molecule has 6 nitrogen and oxygen atoms in total. The lowest BCUT2D eigenvalue weighted by molar-refractivity contribution is 0.437. The molecule has 2 aromatic rings. The predicted molar refractivity (Wildman–Crippen MR) is 77.3 cm³/mol. The van der Waals surface area contributed by atoms with Crippen LogP contribution in [0.15, 0.2) is 29.0 Å². The van der Waals surface area contributed by atoms with Crippen molar-refractivity contribution in [3.8, 4) is 0 Å². The summed E-state index contributed by atoms with van der Waals surface area (Å²) in [5, 5.41) is 0.973. The van der Waals surface area contributed by atoms with Gasteiger partial charge in [-0.25, -0.2) is 17.7 Å². The molecule has 3 rings (SSSR count). The molecule has 0 saturated carbocycles. The largest absolute Gasteiger partial charge is 0.464 e. The molecule has 0 aliphatic carbocycles. The Hall–Kier alpha value is -1.60. The molecule has 0 radical (unpaired) electrons. The Kier molecular flexibility index (Phi) is 3.39. The summed E-state index contributed by atoms with van der Waals surface area (Å²) in [4.78, 5) is 6.56. The smallest absolute Gasteiger partial charge is 0.211 e. The molecule has 20 heavy (non-hydrogen) atoms. The van der Waals surface area contributed by atoms with E-state index in [-0.39, 0.29) is 0 Å². The van der Waals surface area contributed by atoms with Gasteiger partial charge in [0, 0.05) is 32.4 Å². The van der Waals surface area contributed by atoms with E-state index in [4.69, 9.17) is 4.42 Å². The summed E-state index contributed by atoms with van der Waals surface area (Å²) >= 11 is 0. The Balaban J connectivity index is 1.87. The Morgan fingerprint density at radius 1 is 1.20 bits per heavy atom. The van der Waals surface area contributed by atoms with Crippen LogP contribution in [0.5, 0.6) is 0 Å². The number of pyridine rings is 1. The lowest BCUT2D eigenvalue weighted by Crippen LogP contribution is -2.34. The average molecular weight is 295 g/mol. The molecular weight excluding hydrogens is 278 g/mol. The molecule has 7 heteroatoms. The number of hydrogen-bond donors (Lipinski definition) is 0. The second-order valence-electron chi connectivity index (χ2n) is 4.97. The molecule has 2 aromatic heterocycles. The second kappa shape index (κ2) is 5.06. The number of sulfonamides is 1. The van der Waals surface area contributed by atoms with Crippen LogP contribution in [-0.2, 0) is 10.0 Å². The SMILES string of the molecule is CS(=O)(=O)N1CCCN(c2nccc3occc23)CC1. The van der Waals surface area contributed by atoms with E-state index in [2.05, 4.69) is 9.88 Å². The maximum Gasteiger partial charge on any atom is 0.211 e. The number of rotatable bonds is 2. The lowest BCUT2D eigenvalue weighted by Gasteiger charge is -2.22. The van der Waals surface area contributed by atoms with Crippen LogP contribution in [0.1, 0.15) is 6.42 Å². The fraction of sp³-hybridized carbons (Fsp3) is 0.462. The molecule has 0 N–H and O–H groups in total. The summed E-state index contributed by atoms with van der Waals surface area (Å²) in [6.07, 6.45) is 5.43. The molecule has 0 amide bonds. The normalized spacial score (nSPS) is 18.4. The van der Waals surface area contributed by atoms with Gasteiger partial charge in [0.15, 0.2) is 0 Å². The standard InChI is InChI=1S/C13H17N3O3S/c1-20(17,18)16-7-2-6-15(8-9-16)13-11-4-10-19-12(11)3-5-14-13/h3-5,10H,2,6-9H2,1H3. The fourth-order valence-electron chi connectivity index (χ4n) is 2.57. The number of furan rings is 1. The monoisotopic (exact) mass is 295 g/mol. The molecule has 1 aliphatic heterocycles. The van der Waals surface area contributed by atoms with Crippen LogP contribution >= 0.6 is 0 Å². The van der Waals surface area contributed by atoms with E-state index in [9.17, 15) is 8.42 Å². The third-order valence-corrected chi connectivity index (χ3v) is 4.89. The van der Waals surface area contributed by atoms with Crippen LogP contribution in [0.4, 0.5) is 5.82 Å². The first kappa shape index (κ1) is 13.4. The first-order valence-corrected chi connectivity index (χ1v) is 8.43. The van der Waals surface area contributed by atoms with E-state index in [1.54, 1.807) is 12.5 Å². The summed E-state index contributed by atoms with van der Waals surface area (Å²) in [5.74, 6) is 0.867. The van der Waals surface area contributed by atoms with Crippen molar-refractivity contribution in [1.29, 1.82) is 0 Å². The third kappa shape index (κ3) is 2.51. The van der Waals surface area contributed by atoms with E-state index >= 15 is 0 Å². The van der Waals surface area contributed by atoms with Crippen LogP contribution < -0.4 is 4.90 Å². The molecule has 0 bridgehead atoms. The van der Waals surface area contributed by atoms with E-state index in [1.807, 2.05) is 12.1 Å². The van der Waals surface area contributed by atoms with Gasteiger partial charge >= 0.3 is 0 Å².